The third-order valence-corrected chi connectivity index (χ3v) is 4.11. The Kier molecular flexibility index (Phi) is 4.11. The molecule has 108 valence electrons. The molecule has 0 aliphatic heterocycles. The number of rotatable bonds is 5. The molecule has 0 fully saturated rings. The van der Waals surface area contributed by atoms with Crippen LogP contribution in [0.2, 0.25) is 5.02 Å². The predicted octanol–water partition coefficient (Wildman–Crippen LogP) is 4.43. The van der Waals surface area contributed by atoms with Crippen LogP contribution in [0.4, 0.5) is 0 Å². The topological polar surface area (TPSA) is 29.9 Å². The lowest BCUT2D eigenvalue weighted by Gasteiger charge is -2.15. The number of hydrogen-bond acceptors (Lipinski definition) is 2. The van der Waals surface area contributed by atoms with Crippen LogP contribution in [0.15, 0.2) is 55.0 Å². The number of benzene rings is 1. The van der Waals surface area contributed by atoms with Gasteiger partial charge in [0.15, 0.2) is 0 Å². The quantitative estimate of drug-likeness (QED) is 0.755. The van der Waals surface area contributed by atoms with E-state index in [4.69, 9.17) is 11.6 Å². The predicted molar refractivity (Wildman–Crippen MR) is 88.4 cm³/mol. The lowest BCUT2D eigenvalue weighted by molar-refractivity contribution is 0.675. The number of nitrogens with zero attached hydrogens (tertiary/aromatic N) is 2. The molecule has 0 saturated heterocycles. The van der Waals surface area contributed by atoms with Crippen LogP contribution in [0.5, 0.6) is 0 Å². The SMILES string of the molecule is CC(CCNn1ccc2ccccc21)c1ccncc1Cl. The van der Waals surface area contributed by atoms with Crippen molar-refractivity contribution in [3.63, 3.8) is 0 Å². The van der Waals surface area contributed by atoms with E-state index in [1.807, 2.05) is 6.07 Å². The Morgan fingerprint density at radius 3 is 2.95 bits per heavy atom. The minimum absolute atomic E-state index is 0.398. The van der Waals surface area contributed by atoms with Gasteiger partial charge in [-0.15, -0.1) is 0 Å². The number of para-hydroxylation sites is 1. The summed E-state index contributed by atoms with van der Waals surface area (Å²) in [5, 5.41) is 1.99. The summed E-state index contributed by atoms with van der Waals surface area (Å²) in [6.45, 7) is 3.08. The van der Waals surface area contributed by atoms with Crippen LogP contribution in [0.1, 0.15) is 24.8 Å². The molecular weight excluding hydrogens is 282 g/mol. The first-order valence-corrected chi connectivity index (χ1v) is 7.53. The van der Waals surface area contributed by atoms with Crippen LogP contribution < -0.4 is 5.43 Å². The number of aromatic nitrogens is 2. The summed E-state index contributed by atoms with van der Waals surface area (Å²) in [5.74, 6) is 0.398. The first-order chi connectivity index (χ1) is 10.3. The minimum atomic E-state index is 0.398. The molecular formula is C17H18ClN3. The van der Waals surface area contributed by atoms with Crippen molar-refractivity contribution >= 4 is 22.5 Å². The summed E-state index contributed by atoms with van der Waals surface area (Å²) in [4.78, 5) is 4.03. The van der Waals surface area contributed by atoms with Crippen molar-refractivity contribution in [3.8, 4) is 0 Å². The van der Waals surface area contributed by atoms with Gasteiger partial charge in [-0.3, -0.25) is 9.66 Å². The van der Waals surface area contributed by atoms with E-state index in [1.165, 1.54) is 10.9 Å². The van der Waals surface area contributed by atoms with Gasteiger partial charge in [0.2, 0.25) is 0 Å². The minimum Gasteiger partial charge on any atom is -0.326 e. The molecule has 2 aromatic heterocycles. The average molecular weight is 300 g/mol. The molecule has 0 spiro atoms. The van der Waals surface area contributed by atoms with Gasteiger partial charge >= 0.3 is 0 Å². The number of fused-ring (bicyclic) bond motifs is 1. The largest absolute Gasteiger partial charge is 0.326 e. The molecule has 3 nitrogen and oxygen atoms in total. The zero-order valence-corrected chi connectivity index (χ0v) is 12.7. The average Bonchev–Trinajstić information content (AvgIpc) is 2.91. The van der Waals surface area contributed by atoms with E-state index < -0.39 is 0 Å². The van der Waals surface area contributed by atoms with Crippen LogP contribution in [0.3, 0.4) is 0 Å². The van der Waals surface area contributed by atoms with Gasteiger partial charge < -0.3 is 5.43 Å². The van der Waals surface area contributed by atoms with Crippen LogP contribution in [-0.4, -0.2) is 16.2 Å². The second-order valence-electron chi connectivity index (χ2n) is 5.24. The van der Waals surface area contributed by atoms with Gasteiger partial charge in [-0.25, -0.2) is 0 Å². The molecule has 0 saturated carbocycles. The molecule has 1 atom stereocenters. The Morgan fingerprint density at radius 1 is 1.24 bits per heavy atom. The molecule has 0 bridgehead atoms. The van der Waals surface area contributed by atoms with Gasteiger partial charge in [0.25, 0.3) is 0 Å². The zero-order valence-electron chi connectivity index (χ0n) is 12.0. The normalized spacial score (nSPS) is 12.5. The molecule has 0 radical (unpaired) electrons. The number of nitrogens with one attached hydrogen (secondary N) is 1. The van der Waals surface area contributed by atoms with E-state index >= 15 is 0 Å². The van der Waals surface area contributed by atoms with Crippen molar-refractivity contribution in [2.45, 2.75) is 19.3 Å². The van der Waals surface area contributed by atoms with Gasteiger partial charge in [-0.1, -0.05) is 36.7 Å². The van der Waals surface area contributed by atoms with E-state index in [2.05, 4.69) is 58.5 Å². The second-order valence-corrected chi connectivity index (χ2v) is 5.65. The highest BCUT2D eigenvalue weighted by atomic mass is 35.5. The van der Waals surface area contributed by atoms with Crippen LogP contribution in [-0.2, 0) is 0 Å². The maximum absolute atomic E-state index is 6.19. The van der Waals surface area contributed by atoms with Crippen molar-refractivity contribution < 1.29 is 0 Å². The molecule has 3 aromatic rings. The fourth-order valence-corrected chi connectivity index (χ4v) is 2.87. The second kappa shape index (κ2) is 6.19. The molecule has 21 heavy (non-hydrogen) atoms. The van der Waals surface area contributed by atoms with E-state index in [0.717, 1.165) is 23.6 Å². The lowest BCUT2D eigenvalue weighted by Crippen LogP contribution is -2.16. The lowest BCUT2D eigenvalue weighted by atomic mass is 9.99. The Morgan fingerprint density at radius 2 is 2.10 bits per heavy atom. The molecule has 1 aromatic carbocycles. The van der Waals surface area contributed by atoms with Gasteiger partial charge in [-0.05, 0) is 36.1 Å². The molecule has 0 amide bonds. The van der Waals surface area contributed by atoms with Crippen molar-refractivity contribution in [2.24, 2.45) is 0 Å². The fourth-order valence-electron chi connectivity index (χ4n) is 2.56. The molecule has 0 aliphatic rings. The Bertz CT molecular complexity index is 735. The van der Waals surface area contributed by atoms with Crippen LogP contribution in [0, 0.1) is 0 Å². The summed E-state index contributed by atoms with van der Waals surface area (Å²) in [5.41, 5.74) is 5.80. The zero-order chi connectivity index (χ0) is 14.7. The van der Waals surface area contributed by atoms with Crippen LogP contribution in [0.25, 0.3) is 10.9 Å². The smallest absolute Gasteiger partial charge is 0.0692 e. The molecule has 4 heteroatoms. The fraction of sp³-hybridized carbons (Fsp3) is 0.235. The van der Waals surface area contributed by atoms with Gasteiger partial charge in [0, 0.05) is 30.5 Å². The monoisotopic (exact) mass is 299 g/mol. The number of hydrogen-bond donors (Lipinski definition) is 1. The van der Waals surface area contributed by atoms with Gasteiger partial charge in [0.05, 0.1) is 10.5 Å². The highest BCUT2D eigenvalue weighted by Gasteiger charge is 2.09. The molecule has 0 aliphatic carbocycles. The standard InChI is InChI=1S/C17H18ClN3/c1-13(15-7-9-19-12-16(15)18)6-10-20-21-11-8-14-4-2-3-5-17(14)21/h2-5,7-9,11-13,20H,6,10H2,1H3. The maximum atomic E-state index is 6.19. The van der Waals surface area contributed by atoms with E-state index in [9.17, 15) is 0 Å². The van der Waals surface area contributed by atoms with Crippen molar-refractivity contribution in [1.82, 2.24) is 9.66 Å². The Labute approximate surface area is 129 Å². The first-order valence-electron chi connectivity index (χ1n) is 7.15. The van der Waals surface area contributed by atoms with E-state index in [1.54, 1.807) is 12.4 Å². The van der Waals surface area contributed by atoms with Crippen molar-refractivity contribution in [1.29, 1.82) is 0 Å². The molecule has 3 rings (SSSR count). The van der Waals surface area contributed by atoms with E-state index in [-0.39, 0.29) is 0 Å². The van der Waals surface area contributed by atoms with E-state index in [0.29, 0.717) is 5.92 Å². The summed E-state index contributed by atoms with van der Waals surface area (Å²) in [6, 6.07) is 12.5. The maximum Gasteiger partial charge on any atom is 0.0692 e. The molecule has 1 unspecified atom stereocenters. The molecule has 1 N–H and O–H groups in total. The van der Waals surface area contributed by atoms with Gasteiger partial charge in [-0.2, -0.15) is 0 Å². The highest BCUT2D eigenvalue weighted by molar-refractivity contribution is 6.31. The van der Waals surface area contributed by atoms with Crippen LogP contribution >= 0.6 is 11.6 Å². The third kappa shape index (κ3) is 3.03. The summed E-state index contributed by atoms with van der Waals surface area (Å²) < 4.78 is 2.08. The Balaban J connectivity index is 1.62. The van der Waals surface area contributed by atoms with Gasteiger partial charge in [0.1, 0.15) is 0 Å². The summed E-state index contributed by atoms with van der Waals surface area (Å²) >= 11 is 6.19. The molecule has 2 heterocycles. The number of halogens is 1. The summed E-state index contributed by atoms with van der Waals surface area (Å²) in [7, 11) is 0. The third-order valence-electron chi connectivity index (χ3n) is 3.79. The number of pyridine rings is 1. The first kappa shape index (κ1) is 14.0. The summed E-state index contributed by atoms with van der Waals surface area (Å²) in [6.07, 6.45) is 6.58. The van der Waals surface area contributed by atoms with Crippen molar-refractivity contribution in [3.05, 3.63) is 65.6 Å². The highest BCUT2D eigenvalue weighted by Crippen LogP contribution is 2.25. The van der Waals surface area contributed by atoms with Crippen molar-refractivity contribution in [2.75, 3.05) is 12.0 Å². The Hall–Kier alpha value is -2.00.